The maximum Gasteiger partial charge on any atom is 0.230 e. The molecule has 7 nitrogen and oxygen atoms in total. The Kier molecular flexibility index (Phi) is 8.89. The molecule has 186 valence electrons. The lowest BCUT2D eigenvalue weighted by Gasteiger charge is -2.31. The number of thioether (sulfide) groups is 1. The van der Waals surface area contributed by atoms with E-state index in [0.29, 0.717) is 18.2 Å². The van der Waals surface area contributed by atoms with Crippen molar-refractivity contribution in [3.8, 4) is 0 Å². The molecule has 2 aromatic rings. The molecule has 4 rings (SSSR count). The Balaban J connectivity index is 1.30. The zero-order chi connectivity index (χ0) is 23.9. The highest BCUT2D eigenvalue weighted by Gasteiger charge is 2.26. The van der Waals surface area contributed by atoms with Gasteiger partial charge in [0.15, 0.2) is 5.16 Å². The van der Waals surface area contributed by atoms with Crippen molar-refractivity contribution in [1.29, 1.82) is 0 Å². The molecule has 0 saturated carbocycles. The van der Waals surface area contributed by atoms with E-state index < -0.39 is 0 Å². The Morgan fingerprint density at radius 2 is 1.94 bits per heavy atom. The zero-order valence-electron chi connectivity index (χ0n) is 20.8. The number of benzene rings is 1. The first kappa shape index (κ1) is 25.0. The van der Waals surface area contributed by atoms with E-state index in [4.69, 9.17) is 4.74 Å². The topological polar surface area (TPSA) is 72.3 Å². The molecule has 1 N–H and O–H groups in total. The molecule has 2 aliphatic rings. The molecule has 0 aliphatic carbocycles. The smallest absolute Gasteiger partial charge is 0.230 e. The number of nitrogens with zero attached hydrogens (tertiary/aromatic N) is 4. The van der Waals surface area contributed by atoms with Crippen LogP contribution in [0.2, 0.25) is 0 Å². The second kappa shape index (κ2) is 12.1. The lowest BCUT2D eigenvalue weighted by atomic mass is 10.00. The number of anilines is 1. The molecular weight excluding hydrogens is 446 g/mol. The first-order chi connectivity index (χ1) is 16.5. The van der Waals surface area contributed by atoms with Gasteiger partial charge in [-0.1, -0.05) is 56.8 Å². The average molecular weight is 486 g/mol. The van der Waals surface area contributed by atoms with Gasteiger partial charge in [0.25, 0.3) is 0 Å². The maximum atomic E-state index is 12.5. The molecule has 1 aromatic heterocycles. The molecule has 1 atom stereocenters. The predicted molar refractivity (Wildman–Crippen MR) is 138 cm³/mol. The van der Waals surface area contributed by atoms with Gasteiger partial charge in [0.1, 0.15) is 0 Å². The van der Waals surface area contributed by atoms with Crippen LogP contribution in [0.25, 0.3) is 0 Å². The van der Waals surface area contributed by atoms with Crippen LogP contribution in [0.1, 0.15) is 63.5 Å². The normalized spacial score (nSPS) is 19.2. The van der Waals surface area contributed by atoms with Crippen LogP contribution in [-0.2, 0) is 22.5 Å². The Bertz CT molecular complexity index is 916. The third-order valence-corrected chi connectivity index (χ3v) is 7.86. The highest BCUT2D eigenvalue weighted by molar-refractivity contribution is 7.99. The van der Waals surface area contributed by atoms with Gasteiger partial charge in [-0.2, -0.15) is 0 Å². The number of amides is 1. The molecule has 2 saturated heterocycles. The summed E-state index contributed by atoms with van der Waals surface area (Å²) in [4.78, 5) is 14.9. The van der Waals surface area contributed by atoms with Crippen molar-refractivity contribution in [2.75, 3.05) is 36.9 Å². The molecule has 2 fully saturated rings. The van der Waals surface area contributed by atoms with Crippen molar-refractivity contribution in [3.05, 3.63) is 35.4 Å². The molecule has 3 heterocycles. The number of rotatable bonds is 10. The summed E-state index contributed by atoms with van der Waals surface area (Å²) in [5, 5.41) is 12.9. The summed E-state index contributed by atoms with van der Waals surface area (Å²) in [6.07, 6.45) is 5.57. The first-order valence-electron chi connectivity index (χ1n) is 12.8. The average Bonchev–Trinajstić information content (AvgIpc) is 3.49. The second-order valence-corrected chi connectivity index (χ2v) is 10.9. The van der Waals surface area contributed by atoms with Gasteiger partial charge in [0.2, 0.25) is 11.9 Å². The number of carbonyl (C=O) groups is 1. The van der Waals surface area contributed by atoms with Gasteiger partial charge < -0.3 is 15.0 Å². The van der Waals surface area contributed by atoms with Crippen LogP contribution in [0.4, 0.5) is 5.95 Å². The molecule has 0 spiro atoms. The van der Waals surface area contributed by atoms with Crippen LogP contribution in [0.3, 0.4) is 0 Å². The Hall–Kier alpha value is -2.06. The Morgan fingerprint density at radius 1 is 1.18 bits per heavy atom. The van der Waals surface area contributed by atoms with Crippen LogP contribution in [0.15, 0.2) is 29.4 Å². The van der Waals surface area contributed by atoms with Gasteiger partial charge in [-0.3, -0.25) is 9.36 Å². The van der Waals surface area contributed by atoms with E-state index in [9.17, 15) is 4.79 Å². The lowest BCUT2D eigenvalue weighted by molar-refractivity contribution is -0.118. The summed E-state index contributed by atoms with van der Waals surface area (Å²) in [6, 6.07) is 8.68. The molecule has 1 unspecified atom stereocenters. The first-order valence-corrected chi connectivity index (χ1v) is 13.8. The molecular formula is C26H39N5O2S. The van der Waals surface area contributed by atoms with Crippen LogP contribution >= 0.6 is 11.8 Å². The van der Waals surface area contributed by atoms with Crippen molar-refractivity contribution >= 4 is 23.6 Å². The summed E-state index contributed by atoms with van der Waals surface area (Å²) in [5.74, 6) is 2.59. The van der Waals surface area contributed by atoms with Crippen LogP contribution in [0.5, 0.6) is 0 Å². The molecule has 2 aliphatic heterocycles. The van der Waals surface area contributed by atoms with Crippen molar-refractivity contribution in [1.82, 2.24) is 20.1 Å². The fraction of sp³-hybridized carbons (Fsp3) is 0.654. The van der Waals surface area contributed by atoms with Crippen LogP contribution < -0.4 is 10.2 Å². The van der Waals surface area contributed by atoms with E-state index in [1.54, 1.807) is 0 Å². The largest absolute Gasteiger partial charge is 0.376 e. The third kappa shape index (κ3) is 6.75. The van der Waals surface area contributed by atoms with E-state index >= 15 is 0 Å². The minimum atomic E-state index is 0.0313. The maximum absolute atomic E-state index is 12.5. The zero-order valence-corrected chi connectivity index (χ0v) is 21.6. The van der Waals surface area contributed by atoms with E-state index in [2.05, 4.69) is 70.0 Å². The Labute approximate surface area is 208 Å². The number of nitrogens with one attached hydrogen (secondary N) is 1. The van der Waals surface area contributed by atoms with E-state index in [0.717, 1.165) is 62.5 Å². The lowest BCUT2D eigenvalue weighted by Crippen LogP contribution is -2.35. The van der Waals surface area contributed by atoms with E-state index in [1.807, 2.05) is 0 Å². The van der Waals surface area contributed by atoms with Crippen LogP contribution in [-0.4, -0.2) is 58.8 Å². The van der Waals surface area contributed by atoms with E-state index in [-0.39, 0.29) is 12.0 Å². The molecule has 1 amide bonds. The second-order valence-electron chi connectivity index (χ2n) is 9.98. The van der Waals surface area contributed by atoms with Gasteiger partial charge in [-0.25, -0.2) is 0 Å². The van der Waals surface area contributed by atoms with Gasteiger partial charge in [-0.15, -0.1) is 10.2 Å². The van der Waals surface area contributed by atoms with Crippen molar-refractivity contribution in [2.24, 2.45) is 5.92 Å². The standard InChI is InChI=1S/C26H39N5O2S/c1-19(2)22-8-6-21(7-9-22)10-13-27-24(32)18-34-26-29-28-25(30-14-11-20(3)12-15-30)31(26)17-23-5-4-16-33-23/h6-9,19-20,23H,4-5,10-18H2,1-3H3,(H,27,32). The summed E-state index contributed by atoms with van der Waals surface area (Å²) in [5.41, 5.74) is 2.59. The number of ether oxygens (including phenoxy) is 1. The fourth-order valence-corrected chi connectivity index (χ4v) is 5.35. The van der Waals surface area contributed by atoms with Crippen molar-refractivity contribution in [2.45, 2.75) is 76.6 Å². The summed E-state index contributed by atoms with van der Waals surface area (Å²) >= 11 is 1.47. The molecule has 0 bridgehead atoms. The minimum absolute atomic E-state index is 0.0313. The Morgan fingerprint density at radius 3 is 2.62 bits per heavy atom. The molecule has 0 radical (unpaired) electrons. The number of aromatic nitrogens is 3. The SMILES string of the molecule is CC1CCN(c2nnc(SCC(=O)NCCc3ccc(C(C)C)cc3)n2CC2CCCO2)CC1. The fourth-order valence-electron chi connectivity index (χ4n) is 4.58. The van der Waals surface area contributed by atoms with Gasteiger partial charge in [0.05, 0.1) is 18.4 Å². The van der Waals surface area contributed by atoms with Gasteiger partial charge in [0, 0.05) is 26.2 Å². The quantitative estimate of drug-likeness (QED) is 0.507. The number of hydrogen-bond acceptors (Lipinski definition) is 6. The monoisotopic (exact) mass is 485 g/mol. The highest BCUT2D eigenvalue weighted by atomic mass is 32.2. The number of piperidine rings is 1. The highest BCUT2D eigenvalue weighted by Crippen LogP contribution is 2.28. The number of hydrogen-bond donors (Lipinski definition) is 1. The molecule has 1 aromatic carbocycles. The van der Waals surface area contributed by atoms with Crippen molar-refractivity contribution in [3.63, 3.8) is 0 Å². The van der Waals surface area contributed by atoms with Gasteiger partial charge in [-0.05, 0) is 55.1 Å². The molecule has 34 heavy (non-hydrogen) atoms. The minimum Gasteiger partial charge on any atom is -0.376 e. The number of carbonyl (C=O) groups excluding carboxylic acids is 1. The summed E-state index contributed by atoms with van der Waals surface area (Å²) < 4.78 is 8.08. The van der Waals surface area contributed by atoms with Gasteiger partial charge >= 0.3 is 0 Å². The van der Waals surface area contributed by atoms with Crippen molar-refractivity contribution < 1.29 is 9.53 Å². The molecule has 8 heteroatoms. The summed E-state index contributed by atoms with van der Waals surface area (Å²) in [7, 11) is 0. The van der Waals surface area contributed by atoms with E-state index in [1.165, 1.54) is 35.7 Å². The van der Waals surface area contributed by atoms with Crippen LogP contribution in [0, 0.1) is 5.92 Å². The summed E-state index contributed by atoms with van der Waals surface area (Å²) in [6.45, 7) is 10.9. The predicted octanol–water partition coefficient (Wildman–Crippen LogP) is 4.27. The third-order valence-electron chi connectivity index (χ3n) is 6.89.